The number of carbonyl (C=O) groups excluding carboxylic acids is 1. The van der Waals surface area contributed by atoms with Crippen molar-refractivity contribution in [1.29, 1.82) is 0 Å². The molecule has 0 unspecified atom stereocenters. The van der Waals surface area contributed by atoms with Crippen molar-refractivity contribution in [2.24, 2.45) is 0 Å². The Morgan fingerprint density at radius 2 is 1.87 bits per heavy atom. The minimum absolute atomic E-state index is 0.0659. The second-order valence-corrected chi connectivity index (χ2v) is 7.32. The molecule has 0 atom stereocenters. The molecule has 4 nitrogen and oxygen atoms in total. The number of amides is 1. The van der Waals surface area contributed by atoms with E-state index < -0.39 is 0 Å². The molecule has 0 saturated heterocycles. The lowest BCUT2D eigenvalue weighted by atomic mass is 10.1. The number of nitrogens with one attached hydrogen (secondary N) is 1. The Morgan fingerprint density at radius 1 is 1.13 bits per heavy atom. The van der Waals surface area contributed by atoms with Crippen molar-refractivity contribution in [3.05, 3.63) is 59.6 Å². The minimum atomic E-state index is -0.243. The van der Waals surface area contributed by atoms with Gasteiger partial charge in [0.05, 0.1) is 10.6 Å². The molecule has 0 aliphatic heterocycles. The molecule has 5 heteroatoms. The first-order valence-corrected chi connectivity index (χ1v) is 8.33. The van der Waals surface area contributed by atoms with Crippen LogP contribution in [0.4, 0.5) is 0 Å². The second-order valence-electron chi connectivity index (χ2n) is 6.37. The normalized spacial score (nSPS) is 11.4. The first kappa shape index (κ1) is 15.5. The predicted molar refractivity (Wildman–Crippen MR) is 94.1 cm³/mol. The van der Waals surface area contributed by atoms with Crippen molar-refractivity contribution in [3.63, 3.8) is 0 Å². The van der Waals surface area contributed by atoms with Crippen LogP contribution < -0.4 is 5.32 Å². The molecule has 3 rings (SSSR count). The van der Waals surface area contributed by atoms with Gasteiger partial charge in [-0.25, -0.2) is 4.68 Å². The van der Waals surface area contributed by atoms with Crippen LogP contribution in [0.5, 0.6) is 0 Å². The summed E-state index contributed by atoms with van der Waals surface area (Å²) in [4.78, 5) is 13.3. The predicted octanol–water partition coefficient (Wildman–Crippen LogP) is 4.13. The summed E-state index contributed by atoms with van der Waals surface area (Å²) in [5.41, 5.74) is 2.29. The molecule has 1 aromatic carbocycles. The maximum absolute atomic E-state index is 12.1. The summed E-state index contributed by atoms with van der Waals surface area (Å²) in [5.74, 6) is -0.0659. The van der Waals surface area contributed by atoms with Crippen LogP contribution in [0, 0.1) is 0 Å². The zero-order valence-electron chi connectivity index (χ0n) is 13.4. The van der Waals surface area contributed by atoms with Crippen molar-refractivity contribution in [2.75, 3.05) is 0 Å². The Kier molecular flexibility index (Phi) is 4.05. The number of benzene rings is 1. The Bertz CT molecular complexity index is 796. The molecule has 0 fully saturated rings. The number of aromatic nitrogens is 2. The number of hydrogen-bond acceptors (Lipinski definition) is 3. The summed E-state index contributed by atoms with van der Waals surface area (Å²) in [7, 11) is 0. The van der Waals surface area contributed by atoms with Gasteiger partial charge in [-0.15, -0.1) is 11.3 Å². The quantitative estimate of drug-likeness (QED) is 0.787. The van der Waals surface area contributed by atoms with Crippen LogP contribution in [-0.2, 0) is 0 Å². The summed E-state index contributed by atoms with van der Waals surface area (Å²) < 4.78 is 1.82. The first-order chi connectivity index (χ1) is 10.9. The van der Waals surface area contributed by atoms with E-state index in [0.29, 0.717) is 5.56 Å². The summed E-state index contributed by atoms with van der Waals surface area (Å²) in [5, 5.41) is 9.58. The van der Waals surface area contributed by atoms with Crippen LogP contribution >= 0.6 is 11.3 Å². The SMILES string of the molecule is CC(C)(C)NC(=O)c1ccc(-n2ccc(-c3cccs3)n2)cc1. The van der Waals surface area contributed by atoms with Gasteiger partial charge in [-0.2, -0.15) is 5.10 Å². The topological polar surface area (TPSA) is 46.9 Å². The number of nitrogens with zero attached hydrogens (tertiary/aromatic N) is 2. The molecule has 1 N–H and O–H groups in total. The van der Waals surface area contributed by atoms with Crippen molar-refractivity contribution in [1.82, 2.24) is 15.1 Å². The molecule has 23 heavy (non-hydrogen) atoms. The van der Waals surface area contributed by atoms with Gasteiger partial charge >= 0.3 is 0 Å². The molecular formula is C18H19N3OS. The van der Waals surface area contributed by atoms with Gasteiger partial charge < -0.3 is 5.32 Å². The zero-order valence-corrected chi connectivity index (χ0v) is 14.2. The Hall–Kier alpha value is -2.40. The van der Waals surface area contributed by atoms with Crippen LogP contribution in [0.15, 0.2) is 54.0 Å². The zero-order chi connectivity index (χ0) is 16.4. The van der Waals surface area contributed by atoms with Crippen LogP contribution in [0.3, 0.4) is 0 Å². The fraction of sp³-hybridized carbons (Fsp3) is 0.222. The number of thiophene rings is 1. The van der Waals surface area contributed by atoms with Crippen molar-refractivity contribution < 1.29 is 4.79 Å². The summed E-state index contributed by atoms with van der Waals surface area (Å²) in [6.07, 6.45) is 1.93. The summed E-state index contributed by atoms with van der Waals surface area (Å²) in [6, 6.07) is 13.5. The second kappa shape index (κ2) is 6.01. The maximum Gasteiger partial charge on any atom is 0.251 e. The summed E-state index contributed by atoms with van der Waals surface area (Å²) in [6.45, 7) is 5.90. The van der Waals surface area contributed by atoms with E-state index in [1.807, 2.05) is 73.4 Å². The van der Waals surface area contributed by atoms with Crippen molar-refractivity contribution >= 4 is 17.2 Å². The average molecular weight is 325 g/mol. The highest BCUT2D eigenvalue weighted by Crippen LogP contribution is 2.23. The van der Waals surface area contributed by atoms with E-state index in [1.54, 1.807) is 11.3 Å². The van der Waals surface area contributed by atoms with Gasteiger partial charge in [-0.3, -0.25) is 4.79 Å². The van der Waals surface area contributed by atoms with Gasteiger partial charge in [0.2, 0.25) is 0 Å². The number of hydrogen-bond donors (Lipinski definition) is 1. The molecule has 3 aromatic rings. The standard InChI is InChI=1S/C18H19N3OS/c1-18(2,3)19-17(22)13-6-8-14(9-7-13)21-11-10-15(20-21)16-5-4-12-23-16/h4-12H,1-3H3,(H,19,22). The van der Waals surface area contributed by atoms with Gasteiger partial charge in [0.25, 0.3) is 5.91 Å². The van der Waals surface area contributed by atoms with Gasteiger partial charge in [0, 0.05) is 17.3 Å². The highest BCUT2D eigenvalue weighted by Gasteiger charge is 2.15. The Labute approximate surface area is 139 Å². The van der Waals surface area contributed by atoms with Crippen LogP contribution in [0.2, 0.25) is 0 Å². The molecule has 118 valence electrons. The summed E-state index contributed by atoms with van der Waals surface area (Å²) >= 11 is 1.67. The van der Waals surface area contributed by atoms with E-state index in [9.17, 15) is 4.79 Å². The smallest absolute Gasteiger partial charge is 0.251 e. The monoisotopic (exact) mass is 325 g/mol. The van der Waals surface area contributed by atoms with E-state index in [1.165, 1.54) is 0 Å². The minimum Gasteiger partial charge on any atom is -0.347 e. The van der Waals surface area contributed by atoms with Crippen LogP contribution in [0.25, 0.3) is 16.3 Å². The van der Waals surface area contributed by atoms with Gasteiger partial charge in [-0.05, 0) is 62.5 Å². The van der Waals surface area contributed by atoms with Crippen LogP contribution in [-0.4, -0.2) is 21.2 Å². The molecular weight excluding hydrogens is 306 g/mol. The largest absolute Gasteiger partial charge is 0.347 e. The molecule has 0 saturated carbocycles. The third-order valence-electron chi connectivity index (χ3n) is 3.25. The van der Waals surface area contributed by atoms with E-state index in [-0.39, 0.29) is 11.4 Å². The Balaban J connectivity index is 1.79. The van der Waals surface area contributed by atoms with Gasteiger partial charge in [0.1, 0.15) is 5.69 Å². The lowest BCUT2D eigenvalue weighted by molar-refractivity contribution is 0.0919. The lowest BCUT2D eigenvalue weighted by Gasteiger charge is -2.20. The molecule has 0 radical (unpaired) electrons. The number of rotatable bonds is 3. The third-order valence-corrected chi connectivity index (χ3v) is 4.14. The van der Waals surface area contributed by atoms with Crippen molar-refractivity contribution in [3.8, 4) is 16.3 Å². The molecule has 0 aliphatic carbocycles. The van der Waals surface area contributed by atoms with Crippen LogP contribution in [0.1, 0.15) is 31.1 Å². The highest BCUT2D eigenvalue weighted by molar-refractivity contribution is 7.13. The van der Waals surface area contributed by atoms with Gasteiger partial charge in [-0.1, -0.05) is 6.07 Å². The molecule has 0 aliphatic rings. The third kappa shape index (κ3) is 3.68. The van der Waals surface area contributed by atoms with Gasteiger partial charge in [0.15, 0.2) is 0 Å². The fourth-order valence-electron chi connectivity index (χ4n) is 2.20. The van der Waals surface area contributed by atoms with E-state index in [4.69, 9.17) is 0 Å². The fourth-order valence-corrected chi connectivity index (χ4v) is 2.89. The van der Waals surface area contributed by atoms with E-state index in [2.05, 4.69) is 16.5 Å². The number of carbonyl (C=O) groups is 1. The van der Waals surface area contributed by atoms with E-state index in [0.717, 1.165) is 16.3 Å². The highest BCUT2D eigenvalue weighted by atomic mass is 32.1. The molecule has 0 spiro atoms. The first-order valence-electron chi connectivity index (χ1n) is 7.45. The average Bonchev–Trinajstić information content (AvgIpc) is 3.17. The molecule has 2 aromatic heterocycles. The lowest BCUT2D eigenvalue weighted by Crippen LogP contribution is -2.40. The maximum atomic E-state index is 12.1. The van der Waals surface area contributed by atoms with E-state index >= 15 is 0 Å². The Morgan fingerprint density at radius 3 is 2.48 bits per heavy atom. The molecule has 0 bridgehead atoms. The molecule has 1 amide bonds. The van der Waals surface area contributed by atoms with Crippen molar-refractivity contribution in [2.45, 2.75) is 26.3 Å². The molecule has 2 heterocycles.